The molecule has 2 rings (SSSR count). The summed E-state index contributed by atoms with van der Waals surface area (Å²) in [6.07, 6.45) is -7.34. The van der Waals surface area contributed by atoms with Gasteiger partial charge in [0.2, 0.25) is 0 Å². The van der Waals surface area contributed by atoms with Gasteiger partial charge in [-0.25, -0.2) is 0 Å². The second-order valence-corrected chi connectivity index (χ2v) is 6.02. The number of hydrogen-bond acceptors (Lipinski definition) is 3. The predicted molar refractivity (Wildman–Crippen MR) is 66.6 cm³/mol. The summed E-state index contributed by atoms with van der Waals surface area (Å²) in [6.45, 7) is 7.24. The smallest absolute Gasteiger partial charge is 0.418 e. The molecule has 0 amide bonds. The van der Waals surface area contributed by atoms with Crippen LogP contribution in [-0.2, 0) is 0 Å². The molecule has 0 bridgehead atoms. The van der Waals surface area contributed by atoms with E-state index in [2.05, 4.69) is 0 Å². The van der Waals surface area contributed by atoms with Gasteiger partial charge in [-0.15, -0.1) is 0 Å². The van der Waals surface area contributed by atoms with Crippen LogP contribution in [0.15, 0.2) is 18.2 Å². The van der Waals surface area contributed by atoms with E-state index >= 15 is 0 Å². The average Bonchev–Trinajstić information content (AvgIpc) is 2.63. The molecule has 1 unspecified atom stereocenters. The van der Waals surface area contributed by atoms with Crippen molar-refractivity contribution in [3.05, 3.63) is 23.8 Å². The third kappa shape index (κ3) is 2.32. The molecule has 1 aromatic carbocycles. The number of para-hydroxylation sites is 1. The Hall–Kier alpha value is -1.43. The number of alkyl halides is 3. The van der Waals surface area contributed by atoms with Crippen LogP contribution < -0.4 is 9.47 Å². The summed E-state index contributed by atoms with van der Waals surface area (Å²) >= 11 is 0. The molecule has 1 aliphatic heterocycles. The van der Waals surface area contributed by atoms with Gasteiger partial charge in [0.05, 0.1) is 0 Å². The molecule has 0 aliphatic carbocycles. The van der Waals surface area contributed by atoms with Gasteiger partial charge in [0.1, 0.15) is 0 Å². The zero-order valence-corrected chi connectivity index (χ0v) is 11.7. The molecule has 1 N–H and O–H groups in total. The molecule has 6 heteroatoms. The number of hydrogen-bond donors (Lipinski definition) is 1. The van der Waals surface area contributed by atoms with Crippen molar-refractivity contribution in [1.82, 2.24) is 0 Å². The molecule has 1 aliphatic rings. The van der Waals surface area contributed by atoms with Crippen molar-refractivity contribution in [2.24, 2.45) is 5.41 Å². The van der Waals surface area contributed by atoms with Crippen LogP contribution in [0, 0.1) is 5.41 Å². The summed E-state index contributed by atoms with van der Waals surface area (Å²) < 4.78 is 49.3. The van der Waals surface area contributed by atoms with Crippen molar-refractivity contribution in [3.8, 4) is 11.5 Å². The fraction of sp³-hybridized carbons (Fsp3) is 0.571. The first-order valence-electron chi connectivity index (χ1n) is 6.21. The van der Waals surface area contributed by atoms with E-state index in [1.807, 2.05) is 20.8 Å². The quantitative estimate of drug-likeness (QED) is 0.854. The first-order valence-corrected chi connectivity index (χ1v) is 6.21. The molecule has 1 aromatic rings. The third-order valence-corrected chi connectivity index (χ3v) is 3.58. The first-order chi connectivity index (χ1) is 8.96. The second-order valence-electron chi connectivity index (χ2n) is 6.02. The predicted octanol–water partition coefficient (Wildman–Crippen LogP) is 3.82. The Kier molecular flexibility index (Phi) is 3.20. The average molecular weight is 290 g/mol. The number of aliphatic hydroxyl groups excluding tert-OH is 1. The molecule has 0 saturated heterocycles. The van der Waals surface area contributed by atoms with Crippen LogP contribution in [0.3, 0.4) is 0 Å². The minimum absolute atomic E-state index is 0.0465. The SMILES string of the molecule is CC(C)(C)C1(C)Oc2cccc([C@H](O)C(F)(F)F)c2O1. The summed E-state index contributed by atoms with van der Waals surface area (Å²) in [7, 11) is 0. The minimum atomic E-state index is -4.75. The minimum Gasteiger partial charge on any atom is -0.448 e. The van der Waals surface area contributed by atoms with Gasteiger partial charge in [-0.1, -0.05) is 32.9 Å². The topological polar surface area (TPSA) is 38.7 Å². The molecule has 2 atom stereocenters. The highest BCUT2D eigenvalue weighted by molar-refractivity contribution is 5.50. The Morgan fingerprint density at radius 3 is 2.25 bits per heavy atom. The van der Waals surface area contributed by atoms with Gasteiger partial charge in [-0.3, -0.25) is 0 Å². The van der Waals surface area contributed by atoms with E-state index in [9.17, 15) is 18.3 Å². The van der Waals surface area contributed by atoms with Crippen LogP contribution in [-0.4, -0.2) is 17.1 Å². The third-order valence-electron chi connectivity index (χ3n) is 3.58. The normalized spacial score (nSPS) is 23.8. The summed E-state index contributed by atoms with van der Waals surface area (Å²) in [6, 6.07) is 4.12. The van der Waals surface area contributed by atoms with Crippen molar-refractivity contribution in [3.63, 3.8) is 0 Å². The number of rotatable bonds is 1. The Balaban J connectivity index is 2.44. The maximum Gasteiger partial charge on any atom is 0.418 e. The molecule has 0 aromatic heterocycles. The van der Waals surface area contributed by atoms with E-state index in [4.69, 9.17) is 9.47 Å². The largest absolute Gasteiger partial charge is 0.448 e. The van der Waals surface area contributed by atoms with Crippen LogP contribution in [0.25, 0.3) is 0 Å². The molecule has 20 heavy (non-hydrogen) atoms. The zero-order chi connectivity index (χ0) is 15.3. The Morgan fingerprint density at radius 1 is 1.15 bits per heavy atom. The van der Waals surface area contributed by atoms with Gasteiger partial charge in [0, 0.05) is 17.9 Å². The van der Waals surface area contributed by atoms with Gasteiger partial charge < -0.3 is 14.6 Å². The molecule has 0 saturated carbocycles. The highest BCUT2D eigenvalue weighted by Crippen LogP contribution is 2.51. The molecule has 1 heterocycles. The molecule has 0 radical (unpaired) electrons. The molecule has 3 nitrogen and oxygen atoms in total. The Morgan fingerprint density at radius 2 is 1.75 bits per heavy atom. The van der Waals surface area contributed by atoms with E-state index in [0.717, 1.165) is 0 Å². The van der Waals surface area contributed by atoms with Crippen LogP contribution in [0.1, 0.15) is 39.4 Å². The van der Waals surface area contributed by atoms with E-state index in [1.165, 1.54) is 18.2 Å². The standard InChI is InChI=1S/C14H17F3O3/c1-12(2,3)13(4)19-9-7-5-6-8(10(9)20-13)11(18)14(15,16)17/h5-7,11,18H,1-4H3/t11-,13?/m0/s1. The first kappa shape index (κ1) is 15.0. The van der Waals surface area contributed by atoms with E-state index < -0.39 is 23.5 Å². The van der Waals surface area contributed by atoms with Gasteiger partial charge in [-0.05, 0) is 6.07 Å². The maximum atomic E-state index is 12.7. The van der Waals surface area contributed by atoms with Gasteiger partial charge in [0.25, 0.3) is 5.79 Å². The van der Waals surface area contributed by atoms with E-state index in [-0.39, 0.29) is 17.1 Å². The zero-order valence-electron chi connectivity index (χ0n) is 11.7. The molecule has 0 spiro atoms. The van der Waals surface area contributed by atoms with Crippen molar-refractivity contribution in [2.45, 2.75) is 45.8 Å². The molecular weight excluding hydrogens is 273 g/mol. The monoisotopic (exact) mass is 290 g/mol. The number of benzene rings is 1. The van der Waals surface area contributed by atoms with Crippen molar-refractivity contribution in [2.75, 3.05) is 0 Å². The summed E-state index contributed by atoms with van der Waals surface area (Å²) in [5.41, 5.74) is -0.782. The Labute approximate surface area is 115 Å². The maximum absolute atomic E-state index is 12.7. The van der Waals surface area contributed by atoms with Gasteiger partial charge in [0.15, 0.2) is 17.6 Å². The number of fused-ring (bicyclic) bond motifs is 1. The number of aliphatic hydroxyl groups is 1. The van der Waals surface area contributed by atoms with E-state index in [1.54, 1.807) is 6.92 Å². The van der Waals surface area contributed by atoms with E-state index in [0.29, 0.717) is 0 Å². The van der Waals surface area contributed by atoms with Crippen LogP contribution >= 0.6 is 0 Å². The lowest BCUT2D eigenvalue weighted by Crippen LogP contribution is -2.47. The van der Waals surface area contributed by atoms with Crippen LogP contribution in [0.5, 0.6) is 11.5 Å². The van der Waals surface area contributed by atoms with Crippen molar-refractivity contribution in [1.29, 1.82) is 0 Å². The lowest BCUT2D eigenvalue weighted by molar-refractivity contribution is -0.207. The summed E-state index contributed by atoms with van der Waals surface area (Å²) in [4.78, 5) is 0. The van der Waals surface area contributed by atoms with Crippen molar-refractivity contribution >= 4 is 0 Å². The number of halogens is 3. The lowest BCUT2D eigenvalue weighted by atomic mass is 9.87. The molecule has 0 fully saturated rings. The molecular formula is C14H17F3O3. The summed E-state index contributed by atoms with van der Waals surface area (Å²) in [5.74, 6) is -0.922. The second kappa shape index (κ2) is 4.28. The van der Waals surface area contributed by atoms with Gasteiger partial charge >= 0.3 is 6.18 Å². The highest BCUT2D eigenvalue weighted by Gasteiger charge is 2.50. The lowest BCUT2D eigenvalue weighted by Gasteiger charge is -2.36. The fourth-order valence-corrected chi connectivity index (χ4v) is 1.85. The van der Waals surface area contributed by atoms with Crippen LogP contribution in [0.2, 0.25) is 0 Å². The van der Waals surface area contributed by atoms with Crippen LogP contribution in [0.4, 0.5) is 13.2 Å². The number of ether oxygens (including phenoxy) is 2. The Bertz CT molecular complexity index is 519. The van der Waals surface area contributed by atoms with Gasteiger partial charge in [-0.2, -0.15) is 13.2 Å². The van der Waals surface area contributed by atoms with Crippen molar-refractivity contribution < 1.29 is 27.8 Å². The fourth-order valence-electron chi connectivity index (χ4n) is 1.85. The summed E-state index contributed by atoms with van der Waals surface area (Å²) in [5, 5.41) is 9.43. The molecule has 112 valence electrons. The highest BCUT2D eigenvalue weighted by atomic mass is 19.4.